The van der Waals surface area contributed by atoms with E-state index in [1.54, 1.807) is 18.7 Å². The van der Waals surface area contributed by atoms with Gasteiger partial charge in [-0.05, 0) is 38.5 Å². The van der Waals surface area contributed by atoms with Gasteiger partial charge in [0.25, 0.3) is 11.5 Å². The van der Waals surface area contributed by atoms with Crippen molar-refractivity contribution in [1.29, 1.82) is 0 Å². The van der Waals surface area contributed by atoms with E-state index in [0.717, 1.165) is 5.56 Å². The minimum atomic E-state index is -1.02. The topological polar surface area (TPSA) is 82.3 Å². The fourth-order valence-corrected chi connectivity index (χ4v) is 4.03. The Bertz CT molecular complexity index is 1170. The predicted octanol–water partition coefficient (Wildman–Crippen LogP) is 3.60. The largest absolute Gasteiger partial charge is 0.452 e. The highest BCUT2D eigenvalue weighted by molar-refractivity contribution is 7.99. The van der Waals surface area contributed by atoms with Gasteiger partial charge in [-0.1, -0.05) is 48.0 Å². The van der Waals surface area contributed by atoms with Crippen molar-refractivity contribution in [1.82, 2.24) is 9.36 Å². The van der Waals surface area contributed by atoms with Gasteiger partial charge in [-0.15, -0.1) is 11.8 Å². The minimum Gasteiger partial charge on any atom is -0.452 e. The summed E-state index contributed by atoms with van der Waals surface area (Å²) in [5, 5.41) is 2.63. The zero-order chi connectivity index (χ0) is 23.3. The molecule has 1 aromatic heterocycles. The van der Waals surface area contributed by atoms with E-state index < -0.39 is 18.0 Å². The molecular weight excluding hydrogens is 426 g/mol. The molecule has 0 aliphatic carbocycles. The van der Waals surface area contributed by atoms with E-state index in [-0.39, 0.29) is 17.0 Å². The summed E-state index contributed by atoms with van der Waals surface area (Å²) in [6.07, 6.45) is -1.02. The van der Waals surface area contributed by atoms with Crippen molar-refractivity contribution < 1.29 is 14.3 Å². The lowest BCUT2D eigenvalue weighted by atomic mass is 10.2. The van der Waals surface area contributed by atoms with Crippen molar-refractivity contribution in [2.75, 3.05) is 11.1 Å². The fraction of sp³-hybridized carbons (Fsp3) is 0.292. The van der Waals surface area contributed by atoms with Gasteiger partial charge in [0.1, 0.15) is 5.69 Å². The van der Waals surface area contributed by atoms with Crippen molar-refractivity contribution >= 4 is 29.3 Å². The van der Waals surface area contributed by atoms with Crippen LogP contribution in [0.5, 0.6) is 0 Å². The van der Waals surface area contributed by atoms with E-state index in [9.17, 15) is 14.4 Å². The van der Waals surface area contributed by atoms with Crippen LogP contribution in [0.1, 0.15) is 23.7 Å². The summed E-state index contributed by atoms with van der Waals surface area (Å²) in [6, 6.07) is 17.2. The van der Waals surface area contributed by atoms with E-state index in [4.69, 9.17) is 4.74 Å². The second kappa shape index (κ2) is 10.4. The number of benzene rings is 2. The zero-order valence-electron chi connectivity index (χ0n) is 18.6. The summed E-state index contributed by atoms with van der Waals surface area (Å²) in [5.41, 5.74) is 3.39. The summed E-state index contributed by atoms with van der Waals surface area (Å²) in [6.45, 7) is 5.26. The van der Waals surface area contributed by atoms with Crippen molar-refractivity contribution in [3.05, 3.63) is 81.8 Å². The quantitative estimate of drug-likeness (QED) is 0.527. The van der Waals surface area contributed by atoms with Gasteiger partial charge < -0.3 is 10.1 Å². The van der Waals surface area contributed by atoms with Gasteiger partial charge in [-0.25, -0.2) is 4.68 Å². The molecule has 0 bridgehead atoms. The third kappa shape index (κ3) is 5.50. The van der Waals surface area contributed by atoms with Gasteiger partial charge in [-0.3, -0.25) is 19.1 Å². The van der Waals surface area contributed by atoms with Crippen LogP contribution < -0.4 is 10.9 Å². The van der Waals surface area contributed by atoms with E-state index in [0.29, 0.717) is 17.1 Å². The van der Waals surface area contributed by atoms with Crippen molar-refractivity contribution in [3.8, 4) is 5.69 Å². The number of esters is 1. The molecule has 32 heavy (non-hydrogen) atoms. The second-order valence-corrected chi connectivity index (χ2v) is 8.53. The number of aromatic nitrogens is 2. The molecule has 0 saturated carbocycles. The monoisotopic (exact) mass is 453 g/mol. The number of nitrogens with zero attached hydrogens (tertiary/aromatic N) is 2. The second-order valence-electron chi connectivity index (χ2n) is 7.54. The van der Waals surface area contributed by atoms with Gasteiger partial charge in [0, 0.05) is 12.8 Å². The Hall–Kier alpha value is -3.26. The molecule has 0 unspecified atom stereocenters. The molecule has 1 amide bonds. The van der Waals surface area contributed by atoms with Crippen LogP contribution in [-0.2, 0) is 27.1 Å². The Kier molecular flexibility index (Phi) is 7.58. The lowest BCUT2D eigenvalue weighted by Crippen LogP contribution is -2.32. The lowest BCUT2D eigenvalue weighted by Gasteiger charge is -2.13. The van der Waals surface area contributed by atoms with Crippen LogP contribution in [-0.4, -0.2) is 33.1 Å². The fourth-order valence-electron chi connectivity index (χ4n) is 3.28. The van der Waals surface area contributed by atoms with Crippen LogP contribution in [0.15, 0.2) is 59.4 Å². The molecule has 7 nitrogen and oxygen atoms in total. The minimum absolute atomic E-state index is 0.136. The molecule has 0 spiro atoms. The van der Waals surface area contributed by atoms with Gasteiger partial charge in [0.05, 0.1) is 17.1 Å². The van der Waals surface area contributed by atoms with Crippen LogP contribution in [0.3, 0.4) is 0 Å². The molecular formula is C24H27N3O4S. The normalized spacial score (nSPS) is 11.8. The van der Waals surface area contributed by atoms with Crippen molar-refractivity contribution in [2.24, 2.45) is 7.05 Å². The predicted molar refractivity (Wildman–Crippen MR) is 127 cm³/mol. The van der Waals surface area contributed by atoms with Crippen LogP contribution >= 0.6 is 11.8 Å². The number of hydrogen-bond acceptors (Lipinski definition) is 5. The highest BCUT2D eigenvalue weighted by Crippen LogP contribution is 2.16. The number of ether oxygens (including phenoxy) is 1. The van der Waals surface area contributed by atoms with Crippen LogP contribution in [0.2, 0.25) is 0 Å². The smallest absolute Gasteiger partial charge is 0.316 e. The number of carbonyl (C=O) groups is 2. The van der Waals surface area contributed by atoms with Crippen molar-refractivity contribution in [2.45, 2.75) is 32.6 Å². The number of anilines is 1. The molecule has 1 atom stereocenters. The number of para-hydroxylation sites is 1. The molecule has 0 aliphatic heterocycles. The molecule has 0 radical (unpaired) electrons. The summed E-state index contributed by atoms with van der Waals surface area (Å²) in [5.74, 6) is -0.207. The van der Waals surface area contributed by atoms with Crippen LogP contribution in [0.25, 0.3) is 5.69 Å². The first-order chi connectivity index (χ1) is 15.3. The Labute approximate surface area is 191 Å². The molecule has 1 N–H and O–H groups in total. The van der Waals surface area contributed by atoms with Crippen LogP contribution in [0, 0.1) is 13.8 Å². The summed E-state index contributed by atoms with van der Waals surface area (Å²) >= 11 is 1.43. The first kappa shape index (κ1) is 23.4. The number of amides is 1. The Morgan fingerprint density at radius 2 is 1.81 bits per heavy atom. The maximum atomic E-state index is 12.9. The number of nitrogens with one attached hydrogen (secondary N) is 1. The van der Waals surface area contributed by atoms with Gasteiger partial charge in [-0.2, -0.15) is 0 Å². The van der Waals surface area contributed by atoms with E-state index in [1.165, 1.54) is 28.9 Å². The van der Waals surface area contributed by atoms with Crippen LogP contribution in [0.4, 0.5) is 5.69 Å². The molecule has 168 valence electrons. The van der Waals surface area contributed by atoms with Crippen molar-refractivity contribution in [3.63, 3.8) is 0 Å². The lowest BCUT2D eigenvalue weighted by molar-refractivity contribution is -0.150. The highest BCUT2D eigenvalue weighted by Gasteiger charge is 2.23. The Morgan fingerprint density at radius 1 is 1.09 bits per heavy atom. The van der Waals surface area contributed by atoms with Gasteiger partial charge in [0.15, 0.2) is 6.10 Å². The zero-order valence-corrected chi connectivity index (χ0v) is 19.4. The average molecular weight is 454 g/mol. The number of carbonyl (C=O) groups excluding carboxylic acids is 2. The van der Waals surface area contributed by atoms with Gasteiger partial charge in [0.2, 0.25) is 0 Å². The molecule has 8 heteroatoms. The molecule has 0 saturated heterocycles. The summed E-state index contributed by atoms with van der Waals surface area (Å²) in [7, 11) is 1.74. The van der Waals surface area contributed by atoms with E-state index >= 15 is 0 Å². The molecule has 3 rings (SSSR count). The number of hydrogen-bond donors (Lipinski definition) is 1. The Morgan fingerprint density at radius 3 is 2.50 bits per heavy atom. The molecule has 1 heterocycles. The summed E-state index contributed by atoms with van der Waals surface area (Å²) in [4.78, 5) is 37.6. The maximum Gasteiger partial charge on any atom is 0.316 e. The first-order valence-electron chi connectivity index (χ1n) is 10.3. The molecule has 2 aromatic carbocycles. The third-order valence-corrected chi connectivity index (χ3v) is 6.03. The molecule has 0 fully saturated rings. The standard InChI is InChI=1S/C24H27N3O4S/c1-16-9-8-10-19(13-16)14-32-15-21(28)31-18(3)23(29)25-22-17(2)26(4)27(24(22)30)20-11-6-5-7-12-20/h5-13,18H,14-15H2,1-4H3,(H,25,29)/t18-/m1/s1. The number of aryl methyl sites for hydroxylation is 1. The maximum absolute atomic E-state index is 12.9. The number of thioether (sulfide) groups is 1. The highest BCUT2D eigenvalue weighted by atomic mass is 32.2. The summed E-state index contributed by atoms with van der Waals surface area (Å²) < 4.78 is 8.41. The SMILES string of the molecule is Cc1cccc(CSCC(=O)O[C@H](C)C(=O)Nc2c(C)n(C)n(-c3ccccc3)c2=O)c1. The van der Waals surface area contributed by atoms with E-state index in [1.807, 2.05) is 55.5 Å². The van der Waals surface area contributed by atoms with E-state index in [2.05, 4.69) is 11.4 Å². The van der Waals surface area contributed by atoms with Gasteiger partial charge >= 0.3 is 5.97 Å². The first-order valence-corrected chi connectivity index (χ1v) is 11.4. The molecule has 0 aliphatic rings. The number of rotatable bonds is 8. The Balaban J connectivity index is 1.58. The third-order valence-electron chi connectivity index (χ3n) is 5.05. The molecule has 3 aromatic rings. The average Bonchev–Trinajstić information content (AvgIpc) is 2.97.